The molecule has 3 aromatic rings. The van der Waals surface area contributed by atoms with Crippen LogP contribution in [0.25, 0.3) is 16.5 Å². The summed E-state index contributed by atoms with van der Waals surface area (Å²) in [7, 11) is 0. The monoisotopic (exact) mass is 552 g/mol. The first-order valence-corrected chi connectivity index (χ1v) is 14.0. The summed E-state index contributed by atoms with van der Waals surface area (Å²) in [6.07, 6.45) is 10.3. The number of benzene rings is 2. The van der Waals surface area contributed by atoms with Crippen LogP contribution in [0.1, 0.15) is 95.8 Å². The van der Waals surface area contributed by atoms with Gasteiger partial charge < -0.3 is 5.11 Å². The number of allylic oxidation sites excluding steroid dienone is 3. The highest BCUT2D eigenvalue weighted by Crippen LogP contribution is 2.40. The molecule has 3 rings (SSSR count). The standard InChI is InChI=1S/C33H39ClF2N2O/c1-7-9-10-13-24(19-37-22(4)33(5,6)39)26-17-27-31(18-30(26)36)38-20-28(34)32(27)23(8-2)16-21(3)25-14-11-12-15-29(25)35/h10-15,17-21,23,39H,7-9,16H2,1-6H3/b13-10+,24-19+,37-22?. The van der Waals surface area contributed by atoms with Gasteiger partial charge in [-0.2, -0.15) is 0 Å². The van der Waals surface area contributed by atoms with Crippen molar-refractivity contribution in [1.29, 1.82) is 0 Å². The molecule has 0 aliphatic heterocycles. The maximum atomic E-state index is 15.5. The molecule has 2 aromatic carbocycles. The predicted molar refractivity (Wildman–Crippen MR) is 161 cm³/mol. The fourth-order valence-electron chi connectivity index (χ4n) is 4.67. The summed E-state index contributed by atoms with van der Waals surface area (Å²) in [5.41, 5.74) is 2.47. The summed E-state index contributed by atoms with van der Waals surface area (Å²) in [6, 6.07) is 10.1. The minimum absolute atomic E-state index is 0.00873. The summed E-state index contributed by atoms with van der Waals surface area (Å²) in [5, 5.41) is 11.6. The quantitative estimate of drug-likeness (QED) is 0.190. The highest BCUT2D eigenvalue weighted by molar-refractivity contribution is 6.32. The van der Waals surface area contributed by atoms with Crippen molar-refractivity contribution < 1.29 is 13.9 Å². The molecule has 0 aliphatic carbocycles. The molecule has 6 heteroatoms. The van der Waals surface area contributed by atoms with Crippen molar-refractivity contribution in [2.75, 3.05) is 0 Å². The van der Waals surface area contributed by atoms with Gasteiger partial charge in [0.2, 0.25) is 0 Å². The third-order valence-corrected chi connectivity index (χ3v) is 7.57. The number of halogens is 3. The fraction of sp³-hybridized carbons (Fsp3) is 0.394. The van der Waals surface area contributed by atoms with Gasteiger partial charge in [-0.05, 0) is 75.1 Å². The zero-order valence-corrected chi connectivity index (χ0v) is 24.5. The van der Waals surface area contributed by atoms with Gasteiger partial charge in [0.25, 0.3) is 0 Å². The van der Waals surface area contributed by atoms with E-state index in [1.807, 2.05) is 31.2 Å². The summed E-state index contributed by atoms with van der Waals surface area (Å²) >= 11 is 6.76. The molecule has 0 fully saturated rings. The minimum Gasteiger partial charge on any atom is -0.385 e. The van der Waals surface area contributed by atoms with E-state index >= 15 is 4.39 Å². The molecule has 0 saturated carbocycles. The number of aliphatic imine (C=N–C) groups is 1. The zero-order valence-electron chi connectivity index (χ0n) is 23.7. The van der Waals surface area contributed by atoms with Gasteiger partial charge in [0.1, 0.15) is 11.6 Å². The molecule has 39 heavy (non-hydrogen) atoms. The highest BCUT2D eigenvalue weighted by Gasteiger charge is 2.23. The van der Waals surface area contributed by atoms with Crippen molar-refractivity contribution in [3.05, 3.63) is 94.3 Å². The number of rotatable bonds is 11. The van der Waals surface area contributed by atoms with Gasteiger partial charge in [-0.1, -0.05) is 69.1 Å². The Bertz CT molecular complexity index is 1390. The van der Waals surface area contributed by atoms with Crippen LogP contribution in [0.3, 0.4) is 0 Å². The van der Waals surface area contributed by atoms with Crippen LogP contribution in [-0.2, 0) is 0 Å². The SMILES string of the molecule is CCC/C=C/C(=C\N=C(C)C(C)(C)O)c1cc2c(C(CC)CC(C)c3ccccc3F)c(Cl)cnc2cc1F. The topological polar surface area (TPSA) is 45.5 Å². The summed E-state index contributed by atoms with van der Waals surface area (Å²) in [5.74, 6) is -0.665. The molecule has 208 valence electrons. The molecule has 0 radical (unpaired) electrons. The second-order valence-corrected chi connectivity index (χ2v) is 11.1. The average molecular weight is 553 g/mol. The molecule has 0 amide bonds. The molecule has 0 spiro atoms. The van der Waals surface area contributed by atoms with Crippen LogP contribution < -0.4 is 0 Å². The molecule has 2 unspecified atom stereocenters. The van der Waals surface area contributed by atoms with Crippen LogP contribution in [0.15, 0.2) is 65.9 Å². The lowest BCUT2D eigenvalue weighted by atomic mass is 9.83. The van der Waals surface area contributed by atoms with Gasteiger partial charge in [-0.3, -0.25) is 9.98 Å². The van der Waals surface area contributed by atoms with E-state index in [1.54, 1.807) is 45.3 Å². The lowest BCUT2D eigenvalue weighted by molar-refractivity contribution is 0.153. The lowest BCUT2D eigenvalue weighted by Gasteiger charge is -2.23. The molecule has 0 aliphatic rings. The second-order valence-electron chi connectivity index (χ2n) is 10.7. The Balaban J connectivity index is 2.16. The molecule has 0 saturated heterocycles. The molecule has 3 nitrogen and oxygen atoms in total. The van der Waals surface area contributed by atoms with E-state index in [-0.39, 0.29) is 17.7 Å². The average Bonchev–Trinajstić information content (AvgIpc) is 2.89. The molecule has 2 atom stereocenters. The van der Waals surface area contributed by atoms with E-state index < -0.39 is 11.4 Å². The van der Waals surface area contributed by atoms with Crippen LogP contribution in [-0.4, -0.2) is 21.4 Å². The molecule has 1 N–H and O–H groups in total. The van der Waals surface area contributed by atoms with Gasteiger partial charge in [0, 0.05) is 40.7 Å². The van der Waals surface area contributed by atoms with E-state index in [9.17, 15) is 9.50 Å². The highest BCUT2D eigenvalue weighted by atomic mass is 35.5. The third kappa shape index (κ3) is 7.61. The van der Waals surface area contributed by atoms with Crippen molar-refractivity contribution in [2.24, 2.45) is 4.99 Å². The van der Waals surface area contributed by atoms with Crippen LogP contribution in [0.2, 0.25) is 5.02 Å². The number of nitrogens with zero attached hydrogens (tertiary/aromatic N) is 2. The first-order chi connectivity index (χ1) is 18.5. The van der Waals surface area contributed by atoms with Crippen molar-refractivity contribution in [1.82, 2.24) is 4.98 Å². The Morgan fingerprint density at radius 1 is 1.15 bits per heavy atom. The first-order valence-electron chi connectivity index (χ1n) is 13.6. The van der Waals surface area contributed by atoms with Gasteiger partial charge in [0.15, 0.2) is 0 Å². The van der Waals surface area contributed by atoms with Crippen molar-refractivity contribution in [2.45, 2.75) is 84.7 Å². The number of fused-ring (bicyclic) bond motifs is 1. The Morgan fingerprint density at radius 3 is 2.51 bits per heavy atom. The Hall–Kier alpha value is -2.89. The van der Waals surface area contributed by atoms with Crippen LogP contribution in [0.4, 0.5) is 8.78 Å². The summed E-state index contributed by atoms with van der Waals surface area (Å²) in [6.45, 7) is 11.2. The number of aliphatic hydroxyl groups is 1. The van der Waals surface area contributed by atoms with E-state index in [1.165, 1.54) is 12.1 Å². The molecule has 0 bridgehead atoms. The van der Waals surface area contributed by atoms with Gasteiger partial charge in [-0.25, -0.2) is 8.78 Å². The maximum absolute atomic E-state index is 15.5. The van der Waals surface area contributed by atoms with Crippen molar-refractivity contribution >= 4 is 33.8 Å². The maximum Gasteiger partial charge on any atom is 0.133 e. The third-order valence-electron chi connectivity index (χ3n) is 7.27. The number of aromatic nitrogens is 1. The number of hydrogen-bond donors (Lipinski definition) is 1. The minimum atomic E-state index is -1.09. The van der Waals surface area contributed by atoms with E-state index in [4.69, 9.17) is 11.6 Å². The van der Waals surface area contributed by atoms with Crippen LogP contribution in [0.5, 0.6) is 0 Å². The fourth-order valence-corrected chi connectivity index (χ4v) is 4.97. The van der Waals surface area contributed by atoms with Crippen molar-refractivity contribution in [3.8, 4) is 0 Å². The number of pyridine rings is 1. The molecular formula is C33H39ClF2N2O. The molecular weight excluding hydrogens is 514 g/mol. The Morgan fingerprint density at radius 2 is 1.87 bits per heavy atom. The van der Waals surface area contributed by atoms with Crippen LogP contribution >= 0.6 is 11.6 Å². The van der Waals surface area contributed by atoms with Gasteiger partial charge in [0.05, 0.1) is 16.1 Å². The normalized spacial score (nSPS) is 14.8. The second kappa shape index (κ2) is 13.5. The smallest absolute Gasteiger partial charge is 0.133 e. The Labute approximate surface area is 236 Å². The van der Waals surface area contributed by atoms with E-state index in [2.05, 4.69) is 23.8 Å². The predicted octanol–water partition coefficient (Wildman–Crippen LogP) is 9.78. The van der Waals surface area contributed by atoms with Gasteiger partial charge in [-0.15, -0.1) is 0 Å². The largest absolute Gasteiger partial charge is 0.385 e. The Kier molecular flexibility index (Phi) is 10.6. The van der Waals surface area contributed by atoms with Crippen LogP contribution in [0, 0.1) is 11.6 Å². The number of unbranched alkanes of at least 4 members (excludes halogenated alkanes) is 1. The van der Waals surface area contributed by atoms with E-state index in [0.717, 1.165) is 30.2 Å². The molecule has 1 heterocycles. The first kappa shape index (κ1) is 30.6. The van der Waals surface area contributed by atoms with Crippen molar-refractivity contribution in [3.63, 3.8) is 0 Å². The zero-order chi connectivity index (χ0) is 28.7. The summed E-state index contributed by atoms with van der Waals surface area (Å²) in [4.78, 5) is 8.88. The van der Waals surface area contributed by atoms with E-state index in [0.29, 0.717) is 39.4 Å². The number of hydrogen-bond acceptors (Lipinski definition) is 3. The lowest BCUT2D eigenvalue weighted by Crippen LogP contribution is -2.28. The summed E-state index contributed by atoms with van der Waals surface area (Å²) < 4.78 is 30.1. The van der Waals surface area contributed by atoms with Gasteiger partial charge >= 0.3 is 0 Å². The molecule has 1 aromatic heterocycles.